The average Bonchev–Trinajstić information content (AvgIpc) is 3.79. The van der Waals surface area contributed by atoms with Crippen molar-refractivity contribution in [3.8, 4) is 22.4 Å². The number of alkyl halides is 1. The molecule has 3 aliphatic rings. The maximum absolute atomic E-state index is 15.3. The number of rotatable bonds is 8. The number of halogens is 1. The molecule has 3 fully saturated rings. The summed E-state index contributed by atoms with van der Waals surface area (Å²) in [7, 11) is -2.54. The minimum absolute atomic E-state index is 0.240. The molecule has 2 aromatic carbocycles. The summed E-state index contributed by atoms with van der Waals surface area (Å²) >= 11 is 0. The van der Waals surface area contributed by atoms with Crippen molar-refractivity contribution in [2.24, 2.45) is 11.7 Å². The molecule has 3 N–H and O–H groups in total. The third-order valence-electron chi connectivity index (χ3n) is 9.05. The topological polar surface area (TPSA) is 105 Å². The minimum atomic E-state index is -2.54. The van der Waals surface area contributed by atoms with Gasteiger partial charge in [0.15, 0.2) is 16.9 Å². The fraction of sp³-hybridized carbons (Fsp3) is 0.419. The Morgan fingerprint density at radius 3 is 2.25 bits per heavy atom. The van der Waals surface area contributed by atoms with Gasteiger partial charge in [-0.2, -0.15) is 0 Å². The van der Waals surface area contributed by atoms with Gasteiger partial charge in [0.1, 0.15) is 4.87 Å². The Morgan fingerprint density at radius 1 is 1.00 bits per heavy atom. The summed E-state index contributed by atoms with van der Waals surface area (Å²) in [6, 6.07) is 19.9. The number of carbonyl (C=O) groups is 1. The van der Waals surface area contributed by atoms with E-state index in [1.165, 1.54) is 0 Å². The van der Waals surface area contributed by atoms with Crippen LogP contribution in [-0.2, 0) is 21.0 Å². The number of aromatic nitrogens is 1. The Morgan fingerprint density at radius 2 is 1.68 bits per heavy atom. The molecule has 1 aliphatic heterocycles. The molecule has 2 saturated carbocycles. The van der Waals surface area contributed by atoms with Gasteiger partial charge < -0.3 is 11.1 Å². The average molecular weight is 563 g/mol. The standard InChI is InChI=1S/C31H35FN4O3S/c32-27(22-11-17-36(18-12-22)31(15-16-31)40(38)39)29(37)35-25-19-26(21-5-2-1-3-6-21)28(34-20-25)23-7-9-24(10-8-23)30(33)13-4-14-30/h1-3,5-10,19-20,22,27,40H,4,11-18,33H2,(H,35,37). The van der Waals surface area contributed by atoms with Crippen LogP contribution < -0.4 is 11.1 Å². The van der Waals surface area contributed by atoms with E-state index in [1.54, 1.807) is 6.20 Å². The van der Waals surface area contributed by atoms with E-state index < -0.39 is 33.6 Å². The van der Waals surface area contributed by atoms with Gasteiger partial charge in [-0.05, 0) is 62.1 Å². The van der Waals surface area contributed by atoms with Crippen LogP contribution in [0.1, 0.15) is 50.5 Å². The van der Waals surface area contributed by atoms with Crippen LogP contribution in [0.4, 0.5) is 10.1 Å². The van der Waals surface area contributed by atoms with Crippen molar-refractivity contribution in [1.29, 1.82) is 0 Å². The summed E-state index contributed by atoms with van der Waals surface area (Å²) in [5.41, 5.74) is 11.3. The molecular formula is C31H35FN4O3S. The van der Waals surface area contributed by atoms with Crippen molar-refractivity contribution >= 4 is 22.3 Å². The number of likely N-dealkylation sites (tertiary alicyclic amines) is 1. The lowest BCUT2D eigenvalue weighted by atomic mass is 9.72. The van der Waals surface area contributed by atoms with Gasteiger partial charge in [-0.25, -0.2) is 12.8 Å². The van der Waals surface area contributed by atoms with Gasteiger partial charge in [-0.15, -0.1) is 0 Å². The molecule has 9 heteroatoms. The van der Waals surface area contributed by atoms with Crippen LogP contribution in [0.2, 0.25) is 0 Å². The molecule has 0 spiro atoms. The van der Waals surface area contributed by atoms with Crippen LogP contribution in [0.5, 0.6) is 0 Å². The van der Waals surface area contributed by atoms with E-state index >= 15 is 4.39 Å². The molecule has 7 nitrogen and oxygen atoms in total. The number of hydrogen-bond donors (Lipinski definition) is 3. The number of benzene rings is 2. The van der Waals surface area contributed by atoms with Gasteiger partial charge >= 0.3 is 0 Å². The van der Waals surface area contributed by atoms with Crippen LogP contribution in [0.15, 0.2) is 66.9 Å². The first-order valence-electron chi connectivity index (χ1n) is 14.1. The number of nitrogens with one attached hydrogen (secondary N) is 1. The third-order valence-corrected chi connectivity index (χ3v) is 10.5. The Bertz CT molecular complexity index is 1450. The maximum atomic E-state index is 15.3. The van der Waals surface area contributed by atoms with Crippen molar-refractivity contribution < 1.29 is 17.6 Å². The normalized spacial score (nSPS) is 21.0. The highest BCUT2D eigenvalue weighted by Crippen LogP contribution is 2.45. The van der Waals surface area contributed by atoms with Crippen LogP contribution in [0, 0.1) is 5.92 Å². The van der Waals surface area contributed by atoms with E-state index in [2.05, 4.69) is 17.4 Å². The molecule has 40 heavy (non-hydrogen) atoms. The molecule has 210 valence electrons. The van der Waals surface area contributed by atoms with Crippen molar-refractivity contribution in [1.82, 2.24) is 9.88 Å². The lowest BCUT2D eigenvalue weighted by molar-refractivity contribution is -0.123. The summed E-state index contributed by atoms with van der Waals surface area (Å²) in [5.74, 6) is -1.14. The van der Waals surface area contributed by atoms with E-state index in [0.29, 0.717) is 44.5 Å². The van der Waals surface area contributed by atoms with Gasteiger partial charge in [0.05, 0.1) is 17.6 Å². The zero-order valence-electron chi connectivity index (χ0n) is 22.4. The highest BCUT2D eigenvalue weighted by atomic mass is 32.2. The first-order chi connectivity index (χ1) is 19.3. The van der Waals surface area contributed by atoms with Gasteiger partial charge in [0, 0.05) is 35.7 Å². The van der Waals surface area contributed by atoms with Gasteiger partial charge in [-0.3, -0.25) is 14.7 Å². The zero-order chi connectivity index (χ0) is 27.9. The zero-order valence-corrected chi connectivity index (χ0v) is 23.3. The van der Waals surface area contributed by atoms with E-state index in [-0.39, 0.29) is 5.54 Å². The van der Waals surface area contributed by atoms with Crippen molar-refractivity contribution in [3.05, 3.63) is 72.4 Å². The second-order valence-electron chi connectivity index (χ2n) is 11.5. The quantitative estimate of drug-likeness (QED) is 0.339. The molecule has 2 heterocycles. The van der Waals surface area contributed by atoms with Crippen LogP contribution in [0.3, 0.4) is 0 Å². The van der Waals surface area contributed by atoms with Crippen molar-refractivity contribution in [2.45, 2.75) is 61.5 Å². The second-order valence-corrected chi connectivity index (χ2v) is 12.9. The first kappa shape index (κ1) is 27.1. The third kappa shape index (κ3) is 5.06. The number of carbonyl (C=O) groups excluding carboxylic acids is 1. The summed E-state index contributed by atoms with van der Waals surface area (Å²) in [5, 5.41) is 2.74. The monoisotopic (exact) mass is 562 g/mol. The molecule has 1 unspecified atom stereocenters. The highest BCUT2D eigenvalue weighted by molar-refractivity contribution is 7.74. The van der Waals surface area contributed by atoms with Crippen LogP contribution in [0.25, 0.3) is 22.4 Å². The molecule has 0 bridgehead atoms. The number of nitrogens with zero attached hydrogens (tertiary/aromatic N) is 2. The number of piperidine rings is 1. The number of hydrogen-bond acceptors (Lipinski definition) is 6. The summed E-state index contributed by atoms with van der Waals surface area (Å²) in [6.07, 6.45) is 5.20. The fourth-order valence-electron chi connectivity index (χ4n) is 6.17. The van der Waals surface area contributed by atoms with Crippen LogP contribution >= 0.6 is 0 Å². The molecule has 2 aliphatic carbocycles. The predicted octanol–water partition coefficient (Wildman–Crippen LogP) is 4.84. The number of amides is 1. The lowest BCUT2D eigenvalue weighted by Gasteiger charge is -2.38. The van der Waals surface area contributed by atoms with E-state index in [1.807, 2.05) is 53.4 Å². The molecule has 1 aromatic heterocycles. The number of nitrogens with two attached hydrogens (primary N) is 1. The lowest BCUT2D eigenvalue weighted by Crippen LogP contribution is -2.46. The van der Waals surface area contributed by atoms with Crippen molar-refractivity contribution in [2.75, 3.05) is 18.4 Å². The van der Waals surface area contributed by atoms with Gasteiger partial charge in [-0.1, -0.05) is 54.6 Å². The molecular weight excluding hydrogens is 527 g/mol. The minimum Gasteiger partial charge on any atom is -0.322 e. The Balaban J connectivity index is 1.18. The fourth-order valence-corrected chi connectivity index (χ4v) is 7.07. The molecule has 1 atom stereocenters. The Labute approximate surface area is 235 Å². The predicted molar refractivity (Wildman–Crippen MR) is 155 cm³/mol. The SMILES string of the molecule is NC1(c2ccc(-c3ncc(NC(=O)C(F)C4CCN(C5([SH](=O)=O)CC5)CC4)cc3-c3ccccc3)cc2)CCC1. The number of anilines is 1. The Kier molecular flexibility index (Phi) is 7.23. The largest absolute Gasteiger partial charge is 0.322 e. The van der Waals surface area contributed by atoms with Gasteiger partial charge in [0.25, 0.3) is 5.91 Å². The smallest absolute Gasteiger partial charge is 0.259 e. The molecule has 3 aromatic rings. The summed E-state index contributed by atoms with van der Waals surface area (Å²) in [6.45, 7) is 0.973. The maximum Gasteiger partial charge on any atom is 0.259 e. The van der Waals surface area contributed by atoms with Crippen LogP contribution in [-0.4, -0.2) is 48.3 Å². The van der Waals surface area contributed by atoms with Gasteiger partial charge in [0.2, 0.25) is 0 Å². The molecule has 6 rings (SSSR count). The molecule has 1 saturated heterocycles. The van der Waals surface area contributed by atoms with E-state index in [0.717, 1.165) is 47.2 Å². The van der Waals surface area contributed by atoms with Crippen molar-refractivity contribution in [3.63, 3.8) is 0 Å². The summed E-state index contributed by atoms with van der Waals surface area (Å²) < 4.78 is 38.7. The van der Waals surface area contributed by atoms with E-state index in [9.17, 15) is 13.2 Å². The van der Waals surface area contributed by atoms with E-state index in [4.69, 9.17) is 10.7 Å². The second kappa shape index (κ2) is 10.7. The summed E-state index contributed by atoms with van der Waals surface area (Å²) in [4.78, 5) is 18.9. The number of pyridine rings is 1. The molecule has 0 radical (unpaired) electrons. The first-order valence-corrected chi connectivity index (χ1v) is 15.3. The number of thiol groups is 1. The highest BCUT2D eigenvalue weighted by Gasteiger charge is 2.52. The molecule has 1 amide bonds. The Hall–Kier alpha value is -3.14.